The summed E-state index contributed by atoms with van der Waals surface area (Å²) in [6.45, 7) is 2.73. The van der Waals surface area contributed by atoms with Crippen molar-refractivity contribution in [1.29, 1.82) is 0 Å². The minimum absolute atomic E-state index is 0.0105. The zero-order valence-electron chi connectivity index (χ0n) is 14.5. The molecule has 5 nitrogen and oxygen atoms in total. The van der Waals surface area contributed by atoms with Gasteiger partial charge in [0.1, 0.15) is 10.1 Å². The van der Waals surface area contributed by atoms with Crippen LogP contribution in [0.5, 0.6) is 5.75 Å². The molecule has 26 heavy (non-hydrogen) atoms. The molecular weight excluding hydrogens is 390 g/mol. The van der Waals surface area contributed by atoms with E-state index in [1.807, 2.05) is 24.3 Å². The summed E-state index contributed by atoms with van der Waals surface area (Å²) in [6, 6.07) is 7.21. The molecule has 1 amide bonds. The van der Waals surface area contributed by atoms with E-state index < -0.39 is 9.84 Å². The third kappa shape index (κ3) is 4.29. The van der Waals surface area contributed by atoms with Gasteiger partial charge in [0.25, 0.3) is 5.91 Å². The van der Waals surface area contributed by atoms with Gasteiger partial charge in [0.15, 0.2) is 9.84 Å². The summed E-state index contributed by atoms with van der Waals surface area (Å²) in [4.78, 5) is 14.8. The van der Waals surface area contributed by atoms with Crippen LogP contribution >= 0.6 is 24.0 Å². The van der Waals surface area contributed by atoms with Crippen molar-refractivity contribution in [2.75, 3.05) is 18.1 Å². The number of para-hydroxylation sites is 1. The second-order valence-electron chi connectivity index (χ2n) is 6.35. The Balaban J connectivity index is 1.80. The average molecular weight is 412 g/mol. The number of hydrogen-bond donors (Lipinski definition) is 0. The van der Waals surface area contributed by atoms with E-state index in [2.05, 4.69) is 6.92 Å². The van der Waals surface area contributed by atoms with E-state index in [4.69, 9.17) is 17.0 Å². The summed E-state index contributed by atoms with van der Waals surface area (Å²) in [5.41, 5.74) is 0.822. The Bertz CT molecular complexity index is 848. The van der Waals surface area contributed by atoms with Crippen molar-refractivity contribution in [3.63, 3.8) is 0 Å². The van der Waals surface area contributed by atoms with Crippen LogP contribution in [-0.2, 0) is 14.6 Å². The molecule has 0 bridgehead atoms. The molecule has 2 aliphatic heterocycles. The van der Waals surface area contributed by atoms with Gasteiger partial charge < -0.3 is 4.74 Å². The molecule has 1 aromatic carbocycles. The smallest absolute Gasteiger partial charge is 0.266 e. The van der Waals surface area contributed by atoms with Crippen LogP contribution < -0.4 is 4.74 Å². The van der Waals surface area contributed by atoms with Gasteiger partial charge in [0.05, 0.1) is 29.1 Å². The van der Waals surface area contributed by atoms with Gasteiger partial charge in [-0.15, -0.1) is 0 Å². The standard InChI is InChI=1S/C18H21NO4S3/c1-2-3-9-23-15-7-5-4-6-13(15)11-16-17(20)19(18(24)25-16)14-8-10-26(21,22)12-14/h4-7,11,14H,2-3,8-10,12H2,1H3/b16-11-/t14-/m1/s1. The topological polar surface area (TPSA) is 63.7 Å². The molecule has 1 aromatic rings. The highest BCUT2D eigenvalue weighted by atomic mass is 32.2. The number of amides is 1. The molecule has 0 saturated carbocycles. The van der Waals surface area contributed by atoms with Crippen LogP contribution in [0.3, 0.4) is 0 Å². The molecule has 2 fully saturated rings. The Morgan fingerprint density at radius 3 is 2.85 bits per heavy atom. The Morgan fingerprint density at radius 1 is 1.38 bits per heavy atom. The molecule has 1 atom stereocenters. The third-order valence-corrected chi connectivity index (χ3v) is 7.44. The van der Waals surface area contributed by atoms with Crippen molar-refractivity contribution in [1.82, 2.24) is 4.90 Å². The zero-order valence-corrected chi connectivity index (χ0v) is 17.0. The van der Waals surface area contributed by atoms with Gasteiger partial charge >= 0.3 is 0 Å². The molecule has 0 radical (unpaired) electrons. The lowest BCUT2D eigenvalue weighted by Crippen LogP contribution is -2.39. The van der Waals surface area contributed by atoms with Crippen molar-refractivity contribution in [2.24, 2.45) is 0 Å². The first-order chi connectivity index (χ1) is 12.4. The number of rotatable bonds is 6. The van der Waals surface area contributed by atoms with E-state index >= 15 is 0 Å². The van der Waals surface area contributed by atoms with Gasteiger partial charge in [-0.1, -0.05) is 55.5 Å². The van der Waals surface area contributed by atoms with Crippen LogP contribution in [0.25, 0.3) is 6.08 Å². The Hall–Kier alpha value is -1.38. The number of carbonyl (C=O) groups is 1. The largest absolute Gasteiger partial charge is 0.493 e. The minimum atomic E-state index is -3.08. The lowest BCUT2D eigenvalue weighted by molar-refractivity contribution is -0.123. The second-order valence-corrected chi connectivity index (χ2v) is 10.3. The molecule has 140 valence electrons. The van der Waals surface area contributed by atoms with Crippen LogP contribution in [0, 0.1) is 0 Å². The van der Waals surface area contributed by atoms with Gasteiger partial charge in [-0.3, -0.25) is 9.69 Å². The fraction of sp³-hybridized carbons (Fsp3) is 0.444. The normalized spacial score (nSPS) is 23.8. The van der Waals surface area contributed by atoms with Crippen molar-refractivity contribution in [2.45, 2.75) is 32.2 Å². The van der Waals surface area contributed by atoms with Crippen LogP contribution in [-0.4, -0.2) is 47.7 Å². The number of benzene rings is 1. The molecule has 3 rings (SSSR count). The van der Waals surface area contributed by atoms with Crippen molar-refractivity contribution < 1.29 is 17.9 Å². The summed E-state index contributed by atoms with van der Waals surface area (Å²) >= 11 is 6.56. The van der Waals surface area contributed by atoms with Crippen LogP contribution in [0.1, 0.15) is 31.7 Å². The van der Waals surface area contributed by atoms with E-state index in [0.717, 1.165) is 24.2 Å². The predicted octanol–water partition coefficient (Wildman–Crippen LogP) is 3.25. The van der Waals surface area contributed by atoms with Gasteiger partial charge in [0.2, 0.25) is 0 Å². The summed E-state index contributed by atoms with van der Waals surface area (Å²) < 4.78 is 29.7. The van der Waals surface area contributed by atoms with E-state index in [0.29, 0.717) is 22.3 Å². The molecule has 8 heteroatoms. The number of hydrogen-bond acceptors (Lipinski definition) is 6. The fourth-order valence-corrected chi connectivity index (χ4v) is 6.06. The highest BCUT2D eigenvalue weighted by Gasteiger charge is 2.42. The van der Waals surface area contributed by atoms with Gasteiger partial charge in [0, 0.05) is 5.56 Å². The quantitative estimate of drug-likeness (QED) is 0.407. The SMILES string of the molecule is CCCCOc1ccccc1/C=C1\SC(=S)N([C@@H]2CCS(=O)(=O)C2)C1=O. The van der Waals surface area contributed by atoms with E-state index in [1.165, 1.54) is 16.7 Å². The highest BCUT2D eigenvalue weighted by Crippen LogP contribution is 2.37. The second kappa shape index (κ2) is 8.10. The summed E-state index contributed by atoms with van der Waals surface area (Å²) in [7, 11) is -3.08. The number of thioether (sulfide) groups is 1. The first-order valence-electron chi connectivity index (χ1n) is 8.60. The van der Waals surface area contributed by atoms with E-state index in [9.17, 15) is 13.2 Å². The Morgan fingerprint density at radius 2 is 2.15 bits per heavy atom. The van der Waals surface area contributed by atoms with Crippen LogP contribution in [0.2, 0.25) is 0 Å². The maximum Gasteiger partial charge on any atom is 0.266 e. The van der Waals surface area contributed by atoms with Gasteiger partial charge in [-0.05, 0) is 25.0 Å². The van der Waals surface area contributed by atoms with Gasteiger partial charge in [-0.25, -0.2) is 8.42 Å². The third-order valence-electron chi connectivity index (χ3n) is 4.36. The summed E-state index contributed by atoms with van der Waals surface area (Å²) in [6.07, 6.45) is 4.24. The molecule has 0 spiro atoms. The molecule has 2 heterocycles. The molecule has 0 N–H and O–H groups in total. The number of thiocarbonyl (C=S) groups is 1. The Kier molecular flexibility index (Phi) is 6.04. The maximum atomic E-state index is 12.8. The van der Waals surface area contributed by atoms with Crippen molar-refractivity contribution in [3.05, 3.63) is 34.7 Å². The first-order valence-corrected chi connectivity index (χ1v) is 11.6. The lowest BCUT2D eigenvalue weighted by atomic mass is 10.1. The van der Waals surface area contributed by atoms with Crippen LogP contribution in [0.15, 0.2) is 29.2 Å². The zero-order chi connectivity index (χ0) is 18.7. The van der Waals surface area contributed by atoms with Crippen LogP contribution in [0.4, 0.5) is 0 Å². The highest BCUT2D eigenvalue weighted by molar-refractivity contribution is 8.26. The molecule has 2 saturated heterocycles. The van der Waals surface area contributed by atoms with E-state index in [-0.39, 0.29) is 23.5 Å². The minimum Gasteiger partial charge on any atom is -0.493 e. The number of nitrogens with zero attached hydrogens (tertiary/aromatic N) is 1. The lowest BCUT2D eigenvalue weighted by Gasteiger charge is -2.20. The average Bonchev–Trinajstić information content (AvgIpc) is 3.08. The number of ether oxygens (including phenoxy) is 1. The van der Waals surface area contributed by atoms with Gasteiger partial charge in [-0.2, -0.15) is 0 Å². The molecular formula is C18H21NO4S3. The van der Waals surface area contributed by atoms with Crippen molar-refractivity contribution in [3.8, 4) is 5.75 Å². The number of unbranched alkanes of at least 4 members (excludes halogenated alkanes) is 1. The maximum absolute atomic E-state index is 12.8. The molecule has 0 unspecified atom stereocenters. The summed E-state index contributed by atoms with van der Waals surface area (Å²) in [5, 5.41) is 0. The monoisotopic (exact) mass is 411 g/mol. The predicted molar refractivity (Wildman–Crippen MR) is 109 cm³/mol. The molecule has 0 aliphatic carbocycles. The first kappa shape index (κ1) is 19.4. The van der Waals surface area contributed by atoms with Crippen molar-refractivity contribution >= 4 is 50.1 Å². The van der Waals surface area contributed by atoms with E-state index in [1.54, 1.807) is 6.08 Å². The fourth-order valence-electron chi connectivity index (χ4n) is 2.97. The Labute approximate surface area is 163 Å². The molecule has 2 aliphatic rings. The number of sulfone groups is 1. The number of carbonyl (C=O) groups excluding carboxylic acids is 1. The summed E-state index contributed by atoms with van der Waals surface area (Å²) in [5.74, 6) is 0.616. The molecule has 0 aromatic heterocycles.